The van der Waals surface area contributed by atoms with Crippen LogP contribution in [0.5, 0.6) is 0 Å². The highest BCUT2D eigenvalue weighted by Crippen LogP contribution is 2.21. The highest BCUT2D eigenvalue weighted by molar-refractivity contribution is 6.30. The highest BCUT2D eigenvalue weighted by Gasteiger charge is 2.11. The van der Waals surface area contributed by atoms with Crippen molar-refractivity contribution in [1.82, 2.24) is 0 Å². The summed E-state index contributed by atoms with van der Waals surface area (Å²) in [6, 6.07) is 7.62. The molecule has 0 aliphatic heterocycles. The number of nitrogens with two attached hydrogens (primary N) is 1. The highest BCUT2D eigenvalue weighted by atomic mass is 35.5. The van der Waals surface area contributed by atoms with E-state index in [0.29, 0.717) is 11.6 Å². The Morgan fingerprint density at radius 3 is 2.64 bits per heavy atom. The molecule has 0 aliphatic rings. The number of hydrogen-bond acceptors (Lipinski definition) is 2. The summed E-state index contributed by atoms with van der Waals surface area (Å²) in [4.78, 5) is 0. The van der Waals surface area contributed by atoms with Gasteiger partial charge in [-0.05, 0) is 31.5 Å². The number of ether oxygens (including phenoxy) is 1. The Morgan fingerprint density at radius 1 is 1.43 bits per heavy atom. The zero-order valence-electron chi connectivity index (χ0n) is 8.53. The lowest BCUT2D eigenvalue weighted by atomic mass is 10.1. The molecule has 1 unspecified atom stereocenters. The van der Waals surface area contributed by atoms with Crippen molar-refractivity contribution in [3.05, 3.63) is 34.9 Å². The van der Waals surface area contributed by atoms with Crippen LogP contribution in [0.4, 0.5) is 0 Å². The van der Waals surface area contributed by atoms with Gasteiger partial charge in [-0.1, -0.05) is 23.7 Å². The first kappa shape index (κ1) is 11.5. The SMILES string of the molecule is CC(C)OC(CN)c1cccc(Cl)c1. The van der Waals surface area contributed by atoms with Gasteiger partial charge in [0.2, 0.25) is 0 Å². The summed E-state index contributed by atoms with van der Waals surface area (Å²) >= 11 is 5.89. The van der Waals surface area contributed by atoms with Crippen molar-refractivity contribution in [3.63, 3.8) is 0 Å². The Hall–Kier alpha value is -0.570. The van der Waals surface area contributed by atoms with E-state index in [2.05, 4.69) is 0 Å². The Morgan fingerprint density at radius 2 is 2.14 bits per heavy atom. The summed E-state index contributed by atoms with van der Waals surface area (Å²) in [7, 11) is 0. The molecule has 0 heterocycles. The minimum atomic E-state index is -0.0614. The molecule has 0 aromatic heterocycles. The van der Waals surface area contributed by atoms with Crippen molar-refractivity contribution in [2.24, 2.45) is 5.73 Å². The second-order valence-corrected chi connectivity index (χ2v) is 3.90. The lowest BCUT2D eigenvalue weighted by Gasteiger charge is -2.19. The van der Waals surface area contributed by atoms with Crippen LogP contribution in [-0.4, -0.2) is 12.6 Å². The fourth-order valence-corrected chi connectivity index (χ4v) is 1.50. The van der Waals surface area contributed by atoms with E-state index in [0.717, 1.165) is 5.56 Å². The summed E-state index contributed by atoms with van der Waals surface area (Å²) in [6.45, 7) is 4.46. The van der Waals surface area contributed by atoms with Gasteiger partial charge in [0.25, 0.3) is 0 Å². The first-order valence-corrected chi connectivity index (χ1v) is 5.12. The van der Waals surface area contributed by atoms with Crippen LogP contribution in [0.3, 0.4) is 0 Å². The fourth-order valence-electron chi connectivity index (χ4n) is 1.31. The summed E-state index contributed by atoms with van der Waals surface area (Å²) in [5.41, 5.74) is 6.67. The van der Waals surface area contributed by atoms with Gasteiger partial charge in [0, 0.05) is 11.6 Å². The van der Waals surface area contributed by atoms with Crippen LogP contribution in [0.25, 0.3) is 0 Å². The molecule has 1 atom stereocenters. The van der Waals surface area contributed by atoms with Gasteiger partial charge in [0.1, 0.15) is 0 Å². The maximum absolute atomic E-state index is 5.89. The van der Waals surface area contributed by atoms with E-state index in [1.165, 1.54) is 0 Å². The van der Waals surface area contributed by atoms with Gasteiger partial charge in [-0.15, -0.1) is 0 Å². The molecule has 0 radical (unpaired) electrons. The van der Waals surface area contributed by atoms with Crippen LogP contribution in [0.2, 0.25) is 5.02 Å². The molecule has 0 amide bonds. The van der Waals surface area contributed by atoms with E-state index < -0.39 is 0 Å². The normalized spacial score (nSPS) is 13.2. The lowest BCUT2D eigenvalue weighted by Crippen LogP contribution is -2.19. The van der Waals surface area contributed by atoms with E-state index >= 15 is 0 Å². The Kier molecular flexibility index (Phi) is 4.39. The van der Waals surface area contributed by atoms with Crippen molar-refractivity contribution in [3.8, 4) is 0 Å². The topological polar surface area (TPSA) is 35.2 Å². The Labute approximate surface area is 90.0 Å². The second kappa shape index (κ2) is 5.35. The Balaban J connectivity index is 2.78. The van der Waals surface area contributed by atoms with Crippen molar-refractivity contribution in [2.45, 2.75) is 26.1 Å². The molecule has 78 valence electrons. The molecule has 3 heteroatoms. The van der Waals surface area contributed by atoms with Crippen LogP contribution in [0.1, 0.15) is 25.5 Å². The molecule has 0 saturated carbocycles. The molecule has 0 aliphatic carbocycles. The maximum Gasteiger partial charge on any atom is 0.0951 e. The molecule has 1 rings (SSSR count). The quantitative estimate of drug-likeness (QED) is 0.835. The molecule has 0 bridgehead atoms. The number of rotatable bonds is 4. The zero-order valence-corrected chi connectivity index (χ0v) is 9.29. The lowest BCUT2D eigenvalue weighted by molar-refractivity contribution is 0.0120. The van der Waals surface area contributed by atoms with Crippen molar-refractivity contribution >= 4 is 11.6 Å². The maximum atomic E-state index is 5.89. The molecule has 1 aromatic carbocycles. The van der Waals surface area contributed by atoms with Gasteiger partial charge in [-0.3, -0.25) is 0 Å². The smallest absolute Gasteiger partial charge is 0.0951 e. The van der Waals surface area contributed by atoms with E-state index in [-0.39, 0.29) is 12.2 Å². The molecule has 0 saturated heterocycles. The van der Waals surface area contributed by atoms with Crippen LogP contribution in [-0.2, 0) is 4.74 Å². The third-order valence-corrected chi connectivity index (χ3v) is 2.11. The van der Waals surface area contributed by atoms with Crippen LogP contribution in [0.15, 0.2) is 24.3 Å². The van der Waals surface area contributed by atoms with E-state index in [9.17, 15) is 0 Å². The van der Waals surface area contributed by atoms with Gasteiger partial charge in [-0.2, -0.15) is 0 Å². The molecule has 0 spiro atoms. The van der Waals surface area contributed by atoms with Crippen molar-refractivity contribution in [1.29, 1.82) is 0 Å². The van der Waals surface area contributed by atoms with Crippen LogP contribution >= 0.6 is 11.6 Å². The van der Waals surface area contributed by atoms with Gasteiger partial charge in [0.15, 0.2) is 0 Å². The summed E-state index contributed by atoms with van der Waals surface area (Å²) < 4.78 is 5.66. The predicted octanol–water partition coefficient (Wildman–Crippen LogP) is 2.76. The molecule has 0 fully saturated rings. The number of hydrogen-bond donors (Lipinski definition) is 1. The zero-order chi connectivity index (χ0) is 10.6. The molecule has 2 nitrogen and oxygen atoms in total. The largest absolute Gasteiger partial charge is 0.370 e. The molecular formula is C11H16ClNO. The third-order valence-electron chi connectivity index (χ3n) is 1.87. The van der Waals surface area contributed by atoms with E-state index in [1.807, 2.05) is 38.1 Å². The first-order chi connectivity index (χ1) is 6.63. The van der Waals surface area contributed by atoms with Crippen LogP contribution in [0, 0.1) is 0 Å². The van der Waals surface area contributed by atoms with E-state index in [4.69, 9.17) is 22.1 Å². The Bertz CT molecular complexity index is 288. The van der Waals surface area contributed by atoms with Crippen molar-refractivity contribution in [2.75, 3.05) is 6.54 Å². The average molecular weight is 214 g/mol. The number of halogens is 1. The molecule has 14 heavy (non-hydrogen) atoms. The fraction of sp³-hybridized carbons (Fsp3) is 0.455. The van der Waals surface area contributed by atoms with Crippen LogP contribution < -0.4 is 5.73 Å². The first-order valence-electron chi connectivity index (χ1n) is 4.74. The van der Waals surface area contributed by atoms with Crippen molar-refractivity contribution < 1.29 is 4.74 Å². The minimum absolute atomic E-state index is 0.0614. The summed E-state index contributed by atoms with van der Waals surface area (Å²) in [5, 5.41) is 0.716. The average Bonchev–Trinajstić information content (AvgIpc) is 2.14. The molecular weight excluding hydrogens is 198 g/mol. The monoisotopic (exact) mass is 213 g/mol. The predicted molar refractivity (Wildman–Crippen MR) is 59.5 cm³/mol. The molecule has 1 aromatic rings. The van der Waals surface area contributed by atoms with E-state index in [1.54, 1.807) is 0 Å². The van der Waals surface area contributed by atoms with Gasteiger partial charge in [0.05, 0.1) is 12.2 Å². The van der Waals surface area contributed by atoms with Gasteiger partial charge >= 0.3 is 0 Å². The summed E-state index contributed by atoms with van der Waals surface area (Å²) in [6.07, 6.45) is 0.108. The minimum Gasteiger partial charge on any atom is -0.370 e. The number of benzene rings is 1. The molecule has 2 N–H and O–H groups in total. The standard InChI is InChI=1S/C11H16ClNO/c1-8(2)14-11(7-13)9-4-3-5-10(12)6-9/h3-6,8,11H,7,13H2,1-2H3. The van der Waals surface area contributed by atoms with Gasteiger partial charge < -0.3 is 10.5 Å². The second-order valence-electron chi connectivity index (χ2n) is 3.46. The van der Waals surface area contributed by atoms with Gasteiger partial charge in [-0.25, -0.2) is 0 Å². The summed E-state index contributed by atoms with van der Waals surface area (Å²) in [5.74, 6) is 0. The third kappa shape index (κ3) is 3.29.